The maximum Gasteiger partial charge on any atom is 0.330 e. The van der Waals surface area contributed by atoms with Crippen LogP contribution in [0.15, 0.2) is 12.2 Å². The summed E-state index contributed by atoms with van der Waals surface area (Å²) in [5.74, 6) is -0.906. The maximum atomic E-state index is 10.2. The summed E-state index contributed by atoms with van der Waals surface area (Å²) in [5.41, 5.74) is 5.49. The third-order valence-electron chi connectivity index (χ3n) is 1.24. The Labute approximate surface area is 60.5 Å². The summed E-state index contributed by atoms with van der Waals surface area (Å²) < 4.78 is 0. The SMILES string of the molecule is C=C(CCCCN)C(=O)O. The predicted octanol–water partition coefficient (Wildman–Crippen LogP) is 0.756. The molecule has 0 rings (SSSR count). The summed E-state index contributed by atoms with van der Waals surface area (Å²) in [6, 6.07) is 0. The van der Waals surface area contributed by atoms with E-state index in [1.807, 2.05) is 0 Å². The zero-order valence-electron chi connectivity index (χ0n) is 5.97. The molecule has 0 atom stereocenters. The van der Waals surface area contributed by atoms with Crippen LogP contribution in [0.25, 0.3) is 0 Å². The molecule has 0 heterocycles. The molecule has 0 saturated heterocycles. The molecule has 3 nitrogen and oxygen atoms in total. The Bertz CT molecular complexity index is 132. The van der Waals surface area contributed by atoms with Gasteiger partial charge in [0.05, 0.1) is 0 Å². The molecule has 0 aliphatic heterocycles. The van der Waals surface area contributed by atoms with Crippen LogP contribution in [0.5, 0.6) is 0 Å². The van der Waals surface area contributed by atoms with Crippen molar-refractivity contribution in [3.8, 4) is 0 Å². The van der Waals surface area contributed by atoms with Gasteiger partial charge in [-0.05, 0) is 25.8 Å². The Balaban J connectivity index is 3.31. The molecule has 0 fully saturated rings. The van der Waals surface area contributed by atoms with E-state index in [1.54, 1.807) is 0 Å². The monoisotopic (exact) mass is 143 g/mol. The number of hydrogen-bond donors (Lipinski definition) is 2. The lowest BCUT2D eigenvalue weighted by Crippen LogP contribution is -2.01. The minimum absolute atomic E-state index is 0.272. The highest BCUT2D eigenvalue weighted by atomic mass is 16.4. The first-order valence-electron chi connectivity index (χ1n) is 3.29. The molecule has 10 heavy (non-hydrogen) atoms. The number of hydrogen-bond acceptors (Lipinski definition) is 2. The van der Waals surface area contributed by atoms with Gasteiger partial charge in [0.2, 0.25) is 0 Å². The smallest absolute Gasteiger partial charge is 0.330 e. The van der Waals surface area contributed by atoms with Gasteiger partial charge in [-0.15, -0.1) is 0 Å². The quantitative estimate of drug-likeness (QED) is 0.441. The number of nitrogens with two attached hydrogens (primary N) is 1. The minimum Gasteiger partial charge on any atom is -0.478 e. The van der Waals surface area contributed by atoms with Crippen molar-refractivity contribution in [3.63, 3.8) is 0 Å². The van der Waals surface area contributed by atoms with Crippen LogP contribution >= 0.6 is 0 Å². The second-order valence-corrected chi connectivity index (χ2v) is 2.15. The number of aliphatic carboxylic acids is 1. The number of carboxylic acids is 1. The van der Waals surface area contributed by atoms with Crippen LogP contribution in [-0.2, 0) is 4.79 Å². The molecule has 0 aromatic carbocycles. The van der Waals surface area contributed by atoms with E-state index in [-0.39, 0.29) is 5.57 Å². The highest BCUT2D eigenvalue weighted by molar-refractivity contribution is 5.85. The second kappa shape index (κ2) is 4.99. The summed E-state index contributed by atoms with van der Waals surface area (Å²) in [6.45, 7) is 4.00. The van der Waals surface area contributed by atoms with Gasteiger partial charge in [0.15, 0.2) is 0 Å². The minimum atomic E-state index is -0.906. The maximum absolute atomic E-state index is 10.2. The van der Waals surface area contributed by atoms with Gasteiger partial charge < -0.3 is 10.8 Å². The van der Waals surface area contributed by atoms with Crippen LogP contribution in [0, 0.1) is 0 Å². The summed E-state index contributed by atoms with van der Waals surface area (Å²) in [6.07, 6.45) is 2.24. The second-order valence-electron chi connectivity index (χ2n) is 2.15. The Kier molecular flexibility index (Phi) is 4.58. The normalized spacial score (nSPS) is 9.30. The molecule has 0 saturated carbocycles. The average Bonchev–Trinajstić information content (AvgIpc) is 1.88. The van der Waals surface area contributed by atoms with Crippen LogP contribution in [0.2, 0.25) is 0 Å². The summed E-state index contributed by atoms with van der Waals surface area (Å²) >= 11 is 0. The molecule has 0 spiro atoms. The third-order valence-corrected chi connectivity index (χ3v) is 1.24. The topological polar surface area (TPSA) is 63.3 Å². The van der Waals surface area contributed by atoms with E-state index >= 15 is 0 Å². The van der Waals surface area contributed by atoms with Crippen molar-refractivity contribution >= 4 is 5.97 Å². The molecule has 0 radical (unpaired) electrons. The standard InChI is InChI=1S/C7H13NO2/c1-6(7(9)10)4-2-3-5-8/h1-5,8H2,(H,9,10). The zero-order valence-corrected chi connectivity index (χ0v) is 5.97. The van der Waals surface area contributed by atoms with Crippen LogP contribution in [-0.4, -0.2) is 17.6 Å². The Morgan fingerprint density at radius 3 is 2.50 bits per heavy atom. The van der Waals surface area contributed by atoms with Gasteiger partial charge in [-0.1, -0.05) is 6.58 Å². The van der Waals surface area contributed by atoms with Crippen LogP contribution in [0.3, 0.4) is 0 Å². The van der Waals surface area contributed by atoms with E-state index < -0.39 is 5.97 Å². The molecule has 0 amide bonds. The molecule has 3 N–H and O–H groups in total. The van der Waals surface area contributed by atoms with Crippen molar-refractivity contribution < 1.29 is 9.90 Å². The molecule has 0 aromatic rings. The third kappa shape index (κ3) is 4.09. The largest absolute Gasteiger partial charge is 0.478 e. The first kappa shape index (κ1) is 9.17. The van der Waals surface area contributed by atoms with Crippen molar-refractivity contribution in [2.45, 2.75) is 19.3 Å². The van der Waals surface area contributed by atoms with Crippen molar-refractivity contribution in [1.82, 2.24) is 0 Å². The number of unbranched alkanes of at least 4 members (excludes halogenated alkanes) is 1. The molecule has 3 heteroatoms. The van der Waals surface area contributed by atoms with E-state index in [1.165, 1.54) is 0 Å². The fraction of sp³-hybridized carbons (Fsp3) is 0.571. The van der Waals surface area contributed by atoms with Crippen molar-refractivity contribution in [2.24, 2.45) is 5.73 Å². The summed E-state index contributed by atoms with van der Waals surface area (Å²) in [7, 11) is 0. The molecule has 0 bridgehead atoms. The Morgan fingerprint density at radius 1 is 1.50 bits per heavy atom. The average molecular weight is 143 g/mol. The summed E-state index contributed by atoms with van der Waals surface area (Å²) in [4.78, 5) is 10.2. The Hall–Kier alpha value is -0.830. The number of rotatable bonds is 5. The van der Waals surface area contributed by atoms with E-state index in [9.17, 15) is 4.79 Å². The lowest BCUT2D eigenvalue weighted by molar-refractivity contribution is -0.132. The fourth-order valence-electron chi connectivity index (χ4n) is 0.590. The van der Waals surface area contributed by atoms with E-state index in [0.29, 0.717) is 13.0 Å². The van der Waals surface area contributed by atoms with Gasteiger partial charge in [-0.3, -0.25) is 0 Å². The van der Waals surface area contributed by atoms with Gasteiger partial charge in [-0.2, -0.15) is 0 Å². The summed E-state index contributed by atoms with van der Waals surface area (Å²) in [5, 5.41) is 8.35. The lowest BCUT2D eigenvalue weighted by Gasteiger charge is -1.97. The molecule has 58 valence electrons. The molecule has 0 unspecified atom stereocenters. The highest BCUT2D eigenvalue weighted by Crippen LogP contribution is 2.03. The van der Waals surface area contributed by atoms with Gasteiger partial charge >= 0.3 is 5.97 Å². The number of carboxylic acid groups (broad SMARTS) is 1. The van der Waals surface area contributed by atoms with Crippen LogP contribution < -0.4 is 5.73 Å². The van der Waals surface area contributed by atoms with Crippen molar-refractivity contribution in [3.05, 3.63) is 12.2 Å². The Morgan fingerprint density at radius 2 is 2.10 bits per heavy atom. The molecular weight excluding hydrogens is 130 g/mol. The molecule has 0 aliphatic carbocycles. The zero-order chi connectivity index (χ0) is 7.98. The molecular formula is C7H13NO2. The molecule has 0 aromatic heterocycles. The predicted molar refractivity (Wildman–Crippen MR) is 39.7 cm³/mol. The van der Waals surface area contributed by atoms with Gasteiger partial charge in [-0.25, -0.2) is 4.79 Å². The van der Waals surface area contributed by atoms with Gasteiger partial charge in [0.25, 0.3) is 0 Å². The fourth-order valence-corrected chi connectivity index (χ4v) is 0.590. The highest BCUT2D eigenvalue weighted by Gasteiger charge is 2.01. The van der Waals surface area contributed by atoms with Gasteiger partial charge in [0.1, 0.15) is 0 Å². The molecule has 0 aliphatic rings. The van der Waals surface area contributed by atoms with E-state index in [4.69, 9.17) is 10.8 Å². The first-order valence-corrected chi connectivity index (χ1v) is 3.29. The first-order chi connectivity index (χ1) is 4.68. The van der Waals surface area contributed by atoms with Gasteiger partial charge in [0, 0.05) is 5.57 Å². The van der Waals surface area contributed by atoms with E-state index in [0.717, 1.165) is 12.8 Å². The van der Waals surface area contributed by atoms with Crippen molar-refractivity contribution in [1.29, 1.82) is 0 Å². The van der Waals surface area contributed by atoms with E-state index in [2.05, 4.69) is 6.58 Å². The van der Waals surface area contributed by atoms with Crippen LogP contribution in [0.4, 0.5) is 0 Å². The van der Waals surface area contributed by atoms with Crippen LogP contribution in [0.1, 0.15) is 19.3 Å². The van der Waals surface area contributed by atoms with Crippen molar-refractivity contribution in [2.75, 3.05) is 6.54 Å². The number of carbonyl (C=O) groups is 1. The lowest BCUT2D eigenvalue weighted by atomic mass is 10.1.